The maximum absolute atomic E-state index is 14.7. The second kappa shape index (κ2) is 17.2. The van der Waals surface area contributed by atoms with Crippen molar-refractivity contribution >= 4 is 45.4 Å². The molecule has 0 radical (unpaired) electrons. The van der Waals surface area contributed by atoms with Crippen LogP contribution in [0, 0.1) is 17.6 Å². The number of carbonyl (C=O) groups excluding carboxylic acids is 5. The summed E-state index contributed by atoms with van der Waals surface area (Å²) in [7, 11) is -2.83. The summed E-state index contributed by atoms with van der Waals surface area (Å²) in [5.74, 6) is -4.74. The molecular weight excluding hydrogens is 789 g/mol. The Labute approximate surface area is 342 Å². The number of halogens is 2. The van der Waals surface area contributed by atoms with Crippen LogP contribution in [0.4, 0.5) is 19.3 Å². The molecule has 5 amide bonds. The van der Waals surface area contributed by atoms with Crippen molar-refractivity contribution in [3.8, 4) is 0 Å². The van der Waals surface area contributed by atoms with E-state index in [-0.39, 0.29) is 50.5 Å². The molecule has 15 nitrogen and oxygen atoms in total. The summed E-state index contributed by atoms with van der Waals surface area (Å²) in [6.07, 6.45) is 4.56. The van der Waals surface area contributed by atoms with Gasteiger partial charge in [0.15, 0.2) is 0 Å². The van der Waals surface area contributed by atoms with Crippen molar-refractivity contribution in [1.29, 1.82) is 0 Å². The maximum Gasteiger partial charge on any atom is 0.410 e. The molecule has 3 fully saturated rings. The number of amides is 5. The molecule has 1 spiro atoms. The lowest BCUT2D eigenvalue weighted by Crippen LogP contribution is -2.58. The summed E-state index contributed by atoms with van der Waals surface area (Å²) < 4.78 is 64.3. The lowest BCUT2D eigenvalue weighted by atomic mass is 10.0. The number of benzene rings is 2. The Hall–Kier alpha value is -5.10. The van der Waals surface area contributed by atoms with E-state index in [1.54, 1.807) is 12.1 Å². The molecule has 1 aliphatic carbocycles. The molecule has 7 rings (SSSR count). The number of likely N-dealkylation sites (N-methyl/N-ethyl adjacent to an activating group) is 1. The Balaban J connectivity index is 1.17. The molecule has 5 aliphatic rings. The standard InChI is InChI=1S/C41H51F2N7O8S/c1-3-26-21-41(26)39(54)47-59(56,57)35-19-27(42)15-16-31(35)44-17-8-6-4-5-7-13-32(45-36(51)33-14-10-18-48(33)2)38(53)50-23-28(20-34(50)37(52)46-41)58-40(55)49-22-25-11-9-12-30(43)29(25)24-49/h3,9,11-12,15-16,19,26,28,32-34,44H,1,4-8,10,13-14,17-18,20-24H2,2H3,(H,45,51)(H,46,52)(H,47,54)/t26-,28-,32+,33+,34+,41-/m1/s1. The van der Waals surface area contributed by atoms with E-state index in [9.17, 15) is 41.2 Å². The van der Waals surface area contributed by atoms with Gasteiger partial charge in [0.2, 0.25) is 17.7 Å². The highest BCUT2D eigenvalue weighted by atomic mass is 32.2. The molecule has 0 bridgehead atoms. The molecule has 0 aromatic heterocycles. The molecule has 4 N–H and O–H groups in total. The first-order chi connectivity index (χ1) is 28.2. The van der Waals surface area contributed by atoms with E-state index in [2.05, 4.69) is 22.5 Å². The molecule has 4 aliphatic heterocycles. The zero-order valence-electron chi connectivity index (χ0n) is 33.0. The summed E-state index contributed by atoms with van der Waals surface area (Å²) >= 11 is 0. The van der Waals surface area contributed by atoms with Crippen LogP contribution >= 0.6 is 0 Å². The Morgan fingerprint density at radius 3 is 2.53 bits per heavy atom. The fraction of sp³-hybridized carbons (Fsp3) is 0.537. The van der Waals surface area contributed by atoms with Gasteiger partial charge in [-0.05, 0) is 75.5 Å². The van der Waals surface area contributed by atoms with Crippen LogP contribution in [0.25, 0.3) is 0 Å². The van der Waals surface area contributed by atoms with Gasteiger partial charge in [0.1, 0.15) is 40.3 Å². The van der Waals surface area contributed by atoms with E-state index < -0.39 is 86.1 Å². The summed E-state index contributed by atoms with van der Waals surface area (Å²) in [4.78, 5) is 74.2. The lowest BCUT2D eigenvalue weighted by Gasteiger charge is -2.31. The van der Waals surface area contributed by atoms with Crippen LogP contribution in [0.5, 0.6) is 0 Å². The highest BCUT2D eigenvalue weighted by molar-refractivity contribution is 7.90. The number of fused-ring (bicyclic) bond motifs is 3. The van der Waals surface area contributed by atoms with Crippen molar-refractivity contribution < 1.29 is 45.9 Å². The van der Waals surface area contributed by atoms with Gasteiger partial charge in [-0.1, -0.05) is 43.9 Å². The second-order valence-corrected chi connectivity index (χ2v) is 17.9. The van der Waals surface area contributed by atoms with Crippen molar-refractivity contribution in [1.82, 2.24) is 30.1 Å². The van der Waals surface area contributed by atoms with E-state index >= 15 is 0 Å². The highest BCUT2D eigenvalue weighted by Crippen LogP contribution is 2.45. The summed E-state index contributed by atoms with van der Waals surface area (Å²) in [5.41, 5.74) is -0.684. The molecule has 2 saturated heterocycles. The van der Waals surface area contributed by atoms with E-state index in [1.165, 1.54) is 28.0 Å². The molecule has 4 heterocycles. The number of nitrogens with zero attached hydrogens (tertiary/aromatic N) is 3. The average molecular weight is 840 g/mol. The topological polar surface area (TPSA) is 187 Å². The molecule has 18 heteroatoms. The predicted octanol–water partition coefficient (Wildman–Crippen LogP) is 3.30. The van der Waals surface area contributed by atoms with Gasteiger partial charge in [-0.15, -0.1) is 6.58 Å². The lowest BCUT2D eigenvalue weighted by molar-refractivity contribution is -0.143. The van der Waals surface area contributed by atoms with Gasteiger partial charge in [-0.2, -0.15) is 0 Å². The number of hydrogen-bond donors (Lipinski definition) is 4. The fourth-order valence-electron chi connectivity index (χ4n) is 8.77. The number of likely N-dealkylation sites (tertiary alicyclic amines) is 1. The molecule has 2 aromatic carbocycles. The van der Waals surface area contributed by atoms with Crippen LogP contribution in [0.2, 0.25) is 0 Å². The van der Waals surface area contributed by atoms with Crippen molar-refractivity contribution in [2.45, 2.75) is 112 Å². The van der Waals surface area contributed by atoms with Crippen LogP contribution in [-0.2, 0) is 47.0 Å². The third-order valence-corrected chi connectivity index (χ3v) is 13.6. The van der Waals surface area contributed by atoms with Crippen LogP contribution < -0.4 is 20.7 Å². The van der Waals surface area contributed by atoms with Gasteiger partial charge in [0.05, 0.1) is 24.8 Å². The number of hydrogen-bond acceptors (Lipinski definition) is 10. The minimum absolute atomic E-state index is 0.0173. The van der Waals surface area contributed by atoms with Gasteiger partial charge < -0.3 is 25.6 Å². The first-order valence-corrected chi connectivity index (χ1v) is 21.8. The van der Waals surface area contributed by atoms with Crippen LogP contribution in [-0.4, -0.2) is 109 Å². The fourth-order valence-corrected chi connectivity index (χ4v) is 10.00. The van der Waals surface area contributed by atoms with Crippen molar-refractivity contribution in [2.75, 3.05) is 32.0 Å². The second-order valence-electron chi connectivity index (χ2n) is 16.2. The zero-order chi connectivity index (χ0) is 42.1. The first-order valence-electron chi connectivity index (χ1n) is 20.3. The third-order valence-electron chi connectivity index (χ3n) is 12.2. The Morgan fingerprint density at radius 2 is 1.80 bits per heavy atom. The van der Waals surface area contributed by atoms with Crippen molar-refractivity contribution in [3.05, 3.63) is 71.8 Å². The maximum atomic E-state index is 14.7. The smallest absolute Gasteiger partial charge is 0.410 e. The normalized spacial score (nSPS) is 29.0. The third kappa shape index (κ3) is 8.93. The van der Waals surface area contributed by atoms with E-state index in [1.807, 2.05) is 16.7 Å². The zero-order valence-corrected chi connectivity index (χ0v) is 33.8. The molecule has 6 atom stereocenters. The van der Waals surface area contributed by atoms with Crippen LogP contribution in [0.1, 0.15) is 75.3 Å². The SMILES string of the molecule is C=C[C@@H]1C[C@@]12NC(=O)[C@@H]1C[C@@H](OC(=O)N3Cc4cccc(F)c4C3)CN1C(=O)[C@@H](NC(=O)[C@@H]1CCCN1C)CCCCCCCNc1ccc(F)cc1S(=O)(=O)NC2=O. The number of anilines is 1. The van der Waals surface area contributed by atoms with Gasteiger partial charge in [0, 0.05) is 31.0 Å². The summed E-state index contributed by atoms with van der Waals surface area (Å²) in [6, 6.07) is 5.03. The number of ether oxygens (including phenoxy) is 1. The number of rotatable bonds is 4. The van der Waals surface area contributed by atoms with Crippen LogP contribution in [0.3, 0.4) is 0 Å². The molecule has 2 aromatic rings. The van der Waals surface area contributed by atoms with E-state index in [0.717, 1.165) is 37.9 Å². The minimum Gasteiger partial charge on any atom is -0.444 e. The molecule has 318 valence electrons. The van der Waals surface area contributed by atoms with Gasteiger partial charge in [-0.25, -0.2) is 26.7 Å². The van der Waals surface area contributed by atoms with Gasteiger partial charge >= 0.3 is 6.09 Å². The molecule has 59 heavy (non-hydrogen) atoms. The Kier molecular flexibility index (Phi) is 12.3. The number of nitrogens with one attached hydrogen (secondary N) is 4. The Bertz CT molecular complexity index is 2120. The van der Waals surface area contributed by atoms with Crippen LogP contribution in [0.15, 0.2) is 53.9 Å². The summed E-state index contributed by atoms with van der Waals surface area (Å²) in [5, 5.41) is 8.70. The van der Waals surface area contributed by atoms with E-state index in [4.69, 9.17) is 4.74 Å². The summed E-state index contributed by atoms with van der Waals surface area (Å²) in [6.45, 7) is 4.69. The predicted molar refractivity (Wildman–Crippen MR) is 211 cm³/mol. The van der Waals surface area contributed by atoms with E-state index in [0.29, 0.717) is 43.4 Å². The quantitative estimate of drug-likeness (QED) is 0.333. The minimum atomic E-state index is -4.67. The number of carbonyl (C=O) groups is 5. The van der Waals surface area contributed by atoms with Crippen molar-refractivity contribution in [2.24, 2.45) is 5.92 Å². The number of sulfonamides is 1. The molecule has 0 unspecified atom stereocenters. The average Bonchev–Trinajstić information content (AvgIpc) is 3.53. The van der Waals surface area contributed by atoms with Gasteiger partial charge in [-0.3, -0.25) is 29.0 Å². The first kappa shape index (κ1) is 42.0. The molecular formula is C41H51F2N7O8S. The largest absolute Gasteiger partial charge is 0.444 e. The monoisotopic (exact) mass is 839 g/mol. The van der Waals surface area contributed by atoms with Gasteiger partial charge in [0.25, 0.3) is 15.9 Å². The van der Waals surface area contributed by atoms with Crippen molar-refractivity contribution in [3.63, 3.8) is 0 Å². The Morgan fingerprint density at radius 1 is 1.02 bits per heavy atom. The molecule has 1 saturated carbocycles. The highest BCUT2D eigenvalue weighted by Gasteiger charge is 2.61.